The Bertz CT molecular complexity index is 418. The monoisotopic (exact) mass is 301 g/mol. The highest BCUT2D eigenvalue weighted by Gasteiger charge is 2.23. The number of ether oxygens (including phenoxy) is 2. The Balaban J connectivity index is 0.00000220. The van der Waals surface area contributed by atoms with Crippen molar-refractivity contribution in [3.8, 4) is 11.5 Å². The second-order valence-corrected chi connectivity index (χ2v) is 5.27. The Morgan fingerprint density at radius 1 is 1.10 bits per heavy atom. The van der Waals surface area contributed by atoms with Crippen LogP contribution < -0.4 is 9.47 Å². The number of hydrogen-bond acceptors (Lipinski definition) is 3. The van der Waals surface area contributed by atoms with Gasteiger partial charge in [-0.1, -0.05) is 19.6 Å². The minimum absolute atomic E-state index is 0. The highest BCUT2D eigenvalue weighted by molar-refractivity contribution is 5.39. The zero-order valence-electron chi connectivity index (χ0n) is 11.9. The number of nitrogens with zero attached hydrogens (tertiary/aromatic N) is 1. The van der Waals surface area contributed by atoms with Crippen LogP contribution in [0.5, 0.6) is 11.5 Å². The van der Waals surface area contributed by atoms with E-state index in [4.69, 9.17) is 4.74 Å². The summed E-state index contributed by atoms with van der Waals surface area (Å²) in [6, 6.07) is 7.13. The highest BCUT2D eigenvalue weighted by Crippen LogP contribution is 2.30. The summed E-state index contributed by atoms with van der Waals surface area (Å²) in [6.07, 6.45) is 1.87. The van der Waals surface area contributed by atoms with Crippen LogP contribution in [0.4, 0.5) is 8.78 Å². The van der Waals surface area contributed by atoms with E-state index in [-0.39, 0.29) is 19.3 Å². The molecule has 0 N–H and O–H groups in total. The molecule has 5 heteroatoms. The van der Waals surface area contributed by atoms with E-state index < -0.39 is 6.61 Å². The zero-order valence-corrected chi connectivity index (χ0v) is 11.9. The van der Waals surface area contributed by atoms with Crippen LogP contribution in [0.3, 0.4) is 0 Å². The maximum absolute atomic E-state index is 12.3. The lowest BCUT2D eigenvalue weighted by molar-refractivity contribution is -0.0525. The molecule has 0 radical (unpaired) electrons. The van der Waals surface area contributed by atoms with Gasteiger partial charge in [-0.05, 0) is 38.8 Å². The van der Waals surface area contributed by atoms with Crippen molar-refractivity contribution in [1.82, 2.24) is 4.90 Å². The Kier molecular flexibility index (Phi) is 6.89. The molecule has 0 aromatic heterocycles. The molecule has 1 aromatic rings. The van der Waals surface area contributed by atoms with Crippen LogP contribution in [0.1, 0.15) is 34.1 Å². The van der Waals surface area contributed by atoms with Crippen molar-refractivity contribution in [1.29, 1.82) is 0 Å². The van der Waals surface area contributed by atoms with Crippen LogP contribution in [0, 0.1) is 0 Å². The van der Waals surface area contributed by atoms with Gasteiger partial charge in [0, 0.05) is 19.1 Å². The average molecular weight is 301 g/mol. The summed E-state index contributed by atoms with van der Waals surface area (Å²) >= 11 is 0. The molecule has 0 aliphatic carbocycles. The number of piperidine rings is 1. The number of alkyl halides is 2. The van der Waals surface area contributed by atoms with Gasteiger partial charge in [-0.25, -0.2) is 0 Å². The Morgan fingerprint density at radius 2 is 1.67 bits per heavy atom. The number of para-hydroxylation sites is 2. The quantitative estimate of drug-likeness (QED) is 0.814. The van der Waals surface area contributed by atoms with E-state index in [0.717, 1.165) is 25.9 Å². The maximum atomic E-state index is 12.3. The molecule has 120 valence electrons. The van der Waals surface area contributed by atoms with Gasteiger partial charge in [0.05, 0.1) is 0 Å². The fraction of sp³-hybridized carbons (Fsp3) is 0.625. The van der Waals surface area contributed by atoms with Crippen LogP contribution in [0.2, 0.25) is 0 Å². The van der Waals surface area contributed by atoms with Crippen LogP contribution in [-0.4, -0.2) is 36.7 Å². The topological polar surface area (TPSA) is 21.7 Å². The van der Waals surface area contributed by atoms with Gasteiger partial charge in [0.2, 0.25) is 0 Å². The normalized spacial score (nSPS) is 16.9. The molecule has 1 heterocycles. The van der Waals surface area contributed by atoms with Crippen LogP contribution in [-0.2, 0) is 0 Å². The minimum atomic E-state index is -2.83. The van der Waals surface area contributed by atoms with Crippen LogP contribution in [0.15, 0.2) is 24.3 Å². The van der Waals surface area contributed by atoms with Crippen molar-refractivity contribution in [2.45, 2.75) is 52.9 Å². The molecule has 0 atom stereocenters. The molecular weight excluding hydrogens is 276 g/mol. The molecule has 2 rings (SSSR count). The summed E-state index contributed by atoms with van der Waals surface area (Å²) in [6.45, 7) is 3.46. The standard InChI is InChI=1S/C15H21F2NO2.CH4/c1-11(2)18-9-7-12(8-10-18)19-13-5-3-4-6-14(13)20-15(16)17;/h3-6,11-12,15H,7-10H2,1-2H3;1H4. The van der Waals surface area contributed by atoms with E-state index in [1.54, 1.807) is 18.2 Å². The summed E-state index contributed by atoms with van der Waals surface area (Å²) in [5, 5.41) is 0. The molecular formula is C16H25F2NO2. The second kappa shape index (κ2) is 8.17. The lowest BCUT2D eigenvalue weighted by Gasteiger charge is -2.34. The fourth-order valence-electron chi connectivity index (χ4n) is 2.43. The van der Waals surface area contributed by atoms with E-state index in [9.17, 15) is 8.78 Å². The molecule has 0 spiro atoms. The molecule has 1 aliphatic rings. The third-order valence-corrected chi connectivity index (χ3v) is 3.57. The second-order valence-electron chi connectivity index (χ2n) is 5.27. The van der Waals surface area contributed by atoms with Crippen molar-refractivity contribution in [3.63, 3.8) is 0 Å². The third kappa shape index (κ3) is 5.16. The molecule has 0 unspecified atom stereocenters. The summed E-state index contributed by atoms with van der Waals surface area (Å²) < 4.78 is 35.0. The van der Waals surface area contributed by atoms with Gasteiger partial charge in [-0.2, -0.15) is 8.78 Å². The van der Waals surface area contributed by atoms with Gasteiger partial charge in [0.25, 0.3) is 0 Å². The molecule has 1 saturated heterocycles. The lowest BCUT2D eigenvalue weighted by atomic mass is 10.1. The van der Waals surface area contributed by atoms with Gasteiger partial charge in [-0.3, -0.25) is 0 Å². The summed E-state index contributed by atoms with van der Waals surface area (Å²) in [5.41, 5.74) is 0. The predicted molar refractivity (Wildman–Crippen MR) is 80.2 cm³/mol. The van der Waals surface area contributed by atoms with Gasteiger partial charge < -0.3 is 14.4 Å². The lowest BCUT2D eigenvalue weighted by Crippen LogP contribution is -2.41. The highest BCUT2D eigenvalue weighted by atomic mass is 19.3. The average Bonchev–Trinajstić information content (AvgIpc) is 2.41. The first-order valence-corrected chi connectivity index (χ1v) is 7.01. The first-order valence-electron chi connectivity index (χ1n) is 7.01. The van der Waals surface area contributed by atoms with Gasteiger partial charge in [0.1, 0.15) is 6.10 Å². The molecule has 1 aromatic carbocycles. The van der Waals surface area contributed by atoms with Crippen molar-refractivity contribution in [3.05, 3.63) is 24.3 Å². The smallest absolute Gasteiger partial charge is 0.387 e. The van der Waals surface area contributed by atoms with E-state index in [2.05, 4.69) is 23.5 Å². The molecule has 3 nitrogen and oxygen atoms in total. The van der Waals surface area contributed by atoms with Gasteiger partial charge in [0.15, 0.2) is 11.5 Å². The number of hydrogen-bond donors (Lipinski definition) is 0. The van der Waals surface area contributed by atoms with Crippen molar-refractivity contribution in [2.24, 2.45) is 0 Å². The van der Waals surface area contributed by atoms with E-state index in [1.807, 2.05) is 0 Å². The number of likely N-dealkylation sites (tertiary alicyclic amines) is 1. The van der Waals surface area contributed by atoms with Crippen molar-refractivity contribution >= 4 is 0 Å². The minimum Gasteiger partial charge on any atom is -0.486 e. The van der Waals surface area contributed by atoms with Crippen LogP contribution >= 0.6 is 0 Å². The molecule has 0 bridgehead atoms. The predicted octanol–water partition coefficient (Wildman–Crippen LogP) is 4.18. The number of rotatable bonds is 5. The molecule has 0 saturated carbocycles. The Morgan fingerprint density at radius 3 is 2.19 bits per heavy atom. The first kappa shape index (κ1) is 17.7. The summed E-state index contributed by atoms with van der Waals surface area (Å²) in [5.74, 6) is 0.504. The summed E-state index contributed by atoms with van der Waals surface area (Å²) in [7, 11) is 0. The van der Waals surface area contributed by atoms with Crippen molar-refractivity contribution in [2.75, 3.05) is 13.1 Å². The summed E-state index contributed by atoms with van der Waals surface area (Å²) in [4.78, 5) is 2.39. The first-order chi connectivity index (χ1) is 9.56. The van der Waals surface area contributed by atoms with E-state index >= 15 is 0 Å². The van der Waals surface area contributed by atoms with Gasteiger partial charge in [-0.15, -0.1) is 0 Å². The zero-order chi connectivity index (χ0) is 14.5. The maximum Gasteiger partial charge on any atom is 0.387 e. The largest absolute Gasteiger partial charge is 0.486 e. The SMILES string of the molecule is C.CC(C)N1CCC(Oc2ccccc2OC(F)F)CC1. The Hall–Kier alpha value is -1.36. The third-order valence-electron chi connectivity index (χ3n) is 3.57. The van der Waals surface area contributed by atoms with E-state index in [0.29, 0.717) is 11.8 Å². The molecule has 1 fully saturated rings. The number of benzene rings is 1. The van der Waals surface area contributed by atoms with Crippen LogP contribution in [0.25, 0.3) is 0 Å². The molecule has 1 aliphatic heterocycles. The fourth-order valence-corrected chi connectivity index (χ4v) is 2.43. The molecule has 21 heavy (non-hydrogen) atoms. The molecule has 0 amide bonds. The Labute approximate surface area is 125 Å². The van der Waals surface area contributed by atoms with Gasteiger partial charge >= 0.3 is 6.61 Å². The van der Waals surface area contributed by atoms with Crippen molar-refractivity contribution < 1.29 is 18.3 Å². The number of halogens is 2. The van der Waals surface area contributed by atoms with E-state index in [1.165, 1.54) is 6.07 Å².